The maximum absolute atomic E-state index is 12.9. The Morgan fingerprint density at radius 2 is 1.96 bits per heavy atom. The van der Waals surface area contributed by atoms with Gasteiger partial charge in [0.05, 0.1) is 24.1 Å². The van der Waals surface area contributed by atoms with Gasteiger partial charge in [-0.2, -0.15) is 17.5 Å². The highest BCUT2D eigenvalue weighted by molar-refractivity contribution is 7.88. The summed E-state index contributed by atoms with van der Waals surface area (Å²) in [5.74, 6) is -0.864. The molecule has 130 valence electrons. The van der Waals surface area contributed by atoms with Crippen LogP contribution in [0, 0.1) is 0 Å². The lowest BCUT2D eigenvalue weighted by molar-refractivity contribution is -0.137. The van der Waals surface area contributed by atoms with Crippen LogP contribution in [0.5, 0.6) is 0 Å². The van der Waals surface area contributed by atoms with Gasteiger partial charge in [0.25, 0.3) is 0 Å². The summed E-state index contributed by atoms with van der Waals surface area (Å²) >= 11 is 5.54. The topological polar surface area (TPSA) is 66.5 Å². The number of anilines is 1. The monoisotopic (exact) mass is 372 g/mol. The van der Waals surface area contributed by atoms with Gasteiger partial charge in [0, 0.05) is 11.6 Å². The Kier molecular flexibility index (Phi) is 6.43. The van der Waals surface area contributed by atoms with Gasteiger partial charge < -0.3 is 5.32 Å². The quantitative estimate of drug-likeness (QED) is 0.834. The molecule has 5 nitrogen and oxygen atoms in total. The van der Waals surface area contributed by atoms with Crippen molar-refractivity contribution in [3.05, 3.63) is 28.8 Å². The number of benzene rings is 1. The molecule has 10 heteroatoms. The first-order valence-corrected chi connectivity index (χ1v) is 8.79. The van der Waals surface area contributed by atoms with E-state index in [-0.39, 0.29) is 11.6 Å². The zero-order chi connectivity index (χ0) is 17.8. The molecule has 0 unspecified atom stereocenters. The van der Waals surface area contributed by atoms with Gasteiger partial charge in [0.15, 0.2) is 0 Å². The Labute approximate surface area is 137 Å². The minimum atomic E-state index is -4.70. The van der Waals surface area contributed by atoms with Gasteiger partial charge in [-0.25, -0.2) is 8.42 Å². The van der Waals surface area contributed by atoms with Gasteiger partial charge in [-0.05, 0) is 24.6 Å². The van der Waals surface area contributed by atoms with Crippen molar-refractivity contribution < 1.29 is 26.4 Å². The van der Waals surface area contributed by atoms with Crippen LogP contribution in [0.3, 0.4) is 0 Å². The molecular weight excluding hydrogens is 357 g/mol. The van der Waals surface area contributed by atoms with Crippen molar-refractivity contribution in [1.82, 2.24) is 4.31 Å². The molecule has 0 aliphatic carbocycles. The van der Waals surface area contributed by atoms with Crippen LogP contribution in [0.4, 0.5) is 18.9 Å². The number of alkyl halides is 3. The van der Waals surface area contributed by atoms with Gasteiger partial charge in [0.1, 0.15) is 0 Å². The lowest BCUT2D eigenvalue weighted by Crippen LogP contribution is -2.38. The Morgan fingerprint density at radius 3 is 2.43 bits per heavy atom. The molecule has 0 aliphatic rings. The predicted octanol–water partition coefficient (Wildman–Crippen LogP) is 2.97. The fraction of sp³-hybridized carbons (Fsp3) is 0.462. The minimum absolute atomic E-state index is 0.0962. The third kappa shape index (κ3) is 6.00. The number of sulfonamides is 1. The third-order valence-electron chi connectivity index (χ3n) is 2.82. The number of amides is 1. The van der Waals surface area contributed by atoms with Crippen LogP contribution in [-0.4, -0.2) is 38.0 Å². The summed E-state index contributed by atoms with van der Waals surface area (Å²) in [5.41, 5.74) is -1.57. The molecule has 1 aromatic carbocycles. The van der Waals surface area contributed by atoms with Crippen molar-refractivity contribution in [1.29, 1.82) is 0 Å². The van der Waals surface area contributed by atoms with E-state index in [4.69, 9.17) is 11.6 Å². The summed E-state index contributed by atoms with van der Waals surface area (Å²) in [7, 11) is -3.63. The second-order valence-electron chi connectivity index (χ2n) is 4.83. The van der Waals surface area contributed by atoms with E-state index in [1.54, 1.807) is 6.92 Å². The Hall–Kier alpha value is -1.32. The van der Waals surface area contributed by atoms with Crippen LogP contribution in [0.15, 0.2) is 18.2 Å². The zero-order valence-electron chi connectivity index (χ0n) is 12.4. The molecule has 0 aliphatic heterocycles. The standard InChI is InChI=1S/C13H16ClF3N2O3S/c1-3-6-19(23(2,21)22)8-12(20)18-11-5-4-9(14)7-10(11)13(15,16)17/h4-5,7H,3,6,8H2,1-2H3,(H,18,20). The third-order valence-corrected chi connectivity index (χ3v) is 4.31. The molecule has 1 rings (SSSR count). The summed E-state index contributed by atoms with van der Waals surface area (Å²) in [4.78, 5) is 11.9. The first kappa shape index (κ1) is 19.7. The molecule has 0 saturated heterocycles. The van der Waals surface area contributed by atoms with Crippen LogP contribution < -0.4 is 5.32 Å². The van der Waals surface area contributed by atoms with E-state index in [1.807, 2.05) is 0 Å². The van der Waals surface area contributed by atoms with E-state index < -0.39 is 39.9 Å². The first-order valence-electron chi connectivity index (χ1n) is 6.57. The highest BCUT2D eigenvalue weighted by Gasteiger charge is 2.34. The number of rotatable bonds is 6. The van der Waals surface area contributed by atoms with E-state index in [1.165, 1.54) is 6.07 Å². The van der Waals surface area contributed by atoms with E-state index in [0.717, 1.165) is 16.6 Å². The molecule has 0 bridgehead atoms. The summed E-state index contributed by atoms with van der Waals surface area (Å²) < 4.78 is 62.8. The summed E-state index contributed by atoms with van der Waals surface area (Å²) in [6.45, 7) is 1.25. The van der Waals surface area contributed by atoms with Crippen molar-refractivity contribution in [3.8, 4) is 0 Å². The maximum Gasteiger partial charge on any atom is 0.418 e. The van der Waals surface area contributed by atoms with Gasteiger partial charge >= 0.3 is 6.18 Å². The van der Waals surface area contributed by atoms with Crippen molar-refractivity contribution >= 4 is 33.2 Å². The molecule has 1 aromatic rings. The average Bonchev–Trinajstić information content (AvgIpc) is 2.38. The van der Waals surface area contributed by atoms with E-state index in [9.17, 15) is 26.4 Å². The van der Waals surface area contributed by atoms with Gasteiger partial charge in [-0.3, -0.25) is 4.79 Å². The Balaban J connectivity index is 2.98. The van der Waals surface area contributed by atoms with Crippen LogP contribution >= 0.6 is 11.6 Å². The smallest absolute Gasteiger partial charge is 0.324 e. The normalized spacial score (nSPS) is 12.5. The second-order valence-corrected chi connectivity index (χ2v) is 7.25. The number of carbonyl (C=O) groups is 1. The predicted molar refractivity (Wildman–Crippen MR) is 81.8 cm³/mol. The fourth-order valence-electron chi connectivity index (χ4n) is 1.82. The van der Waals surface area contributed by atoms with Crippen LogP contribution in [-0.2, 0) is 21.0 Å². The molecule has 0 radical (unpaired) electrons. The van der Waals surface area contributed by atoms with Gasteiger partial charge in [-0.1, -0.05) is 18.5 Å². The van der Waals surface area contributed by atoms with Crippen LogP contribution in [0.1, 0.15) is 18.9 Å². The highest BCUT2D eigenvalue weighted by atomic mass is 35.5. The molecular formula is C13H16ClF3N2O3S. The number of nitrogens with one attached hydrogen (secondary N) is 1. The van der Waals surface area contributed by atoms with Crippen molar-refractivity contribution in [2.75, 3.05) is 24.7 Å². The maximum atomic E-state index is 12.9. The molecule has 23 heavy (non-hydrogen) atoms. The molecule has 0 heterocycles. The zero-order valence-corrected chi connectivity index (χ0v) is 14.0. The molecule has 0 spiro atoms. The number of hydrogen-bond donors (Lipinski definition) is 1. The Bertz CT molecular complexity index is 678. The summed E-state index contributed by atoms with van der Waals surface area (Å²) in [5, 5.41) is 1.96. The molecule has 0 fully saturated rings. The molecule has 1 N–H and O–H groups in total. The lowest BCUT2D eigenvalue weighted by atomic mass is 10.1. The van der Waals surface area contributed by atoms with Crippen molar-refractivity contribution in [2.45, 2.75) is 19.5 Å². The second kappa shape index (κ2) is 7.50. The number of halogens is 4. The molecule has 0 aromatic heterocycles. The lowest BCUT2D eigenvalue weighted by Gasteiger charge is -2.19. The fourth-order valence-corrected chi connectivity index (χ4v) is 2.86. The SMILES string of the molecule is CCCN(CC(=O)Nc1ccc(Cl)cc1C(F)(F)F)S(C)(=O)=O. The van der Waals surface area contributed by atoms with E-state index in [0.29, 0.717) is 12.5 Å². The number of nitrogens with zero attached hydrogens (tertiary/aromatic N) is 1. The number of hydrogen-bond acceptors (Lipinski definition) is 3. The van der Waals surface area contributed by atoms with Gasteiger partial charge in [0.2, 0.25) is 15.9 Å². The van der Waals surface area contributed by atoms with Crippen LogP contribution in [0.2, 0.25) is 5.02 Å². The van der Waals surface area contributed by atoms with Crippen molar-refractivity contribution in [3.63, 3.8) is 0 Å². The first-order chi connectivity index (χ1) is 10.4. The summed E-state index contributed by atoms with van der Waals surface area (Å²) in [6.07, 6.45) is -3.30. The number of carbonyl (C=O) groups excluding carboxylic acids is 1. The largest absolute Gasteiger partial charge is 0.418 e. The molecule has 0 saturated carbocycles. The van der Waals surface area contributed by atoms with Crippen LogP contribution in [0.25, 0.3) is 0 Å². The average molecular weight is 373 g/mol. The highest BCUT2D eigenvalue weighted by Crippen LogP contribution is 2.36. The minimum Gasteiger partial charge on any atom is -0.324 e. The van der Waals surface area contributed by atoms with Crippen molar-refractivity contribution in [2.24, 2.45) is 0 Å². The summed E-state index contributed by atoms with van der Waals surface area (Å²) in [6, 6.07) is 2.91. The Morgan fingerprint density at radius 1 is 1.35 bits per heavy atom. The van der Waals surface area contributed by atoms with E-state index in [2.05, 4.69) is 5.32 Å². The van der Waals surface area contributed by atoms with E-state index >= 15 is 0 Å². The van der Waals surface area contributed by atoms with Gasteiger partial charge in [-0.15, -0.1) is 0 Å². The molecule has 1 amide bonds. The molecule has 0 atom stereocenters.